The average Bonchev–Trinajstić information content (AvgIpc) is 2.27. The number of aryl methyl sites for hydroxylation is 1. The van der Waals surface area contributed by atoms with Crippen molar-refractivity contribution in [3.63, 3.8) is 0 Å². The van der Waals surface area contributed by atoms with E-state index in [1.165, 1.54) is 18.4 Å². The largest absolute Gasteiger partial charge is 0.353 e. The molecule has 0 aliphatic carbocycles. The first-order valence-corrected chi connectivity index (χ1v) is 6.78. The summed E-state index contributed by atoms with van der Waals surface area (Å²) in [6.45, 7) is 7.88. The molecule has 0 bridgehead atoms. The molecule has 0 radical (unpaired) electrons. The van der Waals surface area contributed by atoms with Crippen LogP contribution < -0.4 is 4.90 Å². The van der Waals surface area contributed by atoms with Gasteiger partial charge in [-0.05, 0) is 60.2 Å². The van der Waals surface area contributed by atoms with Crippen LogP contribution in [-0.4, -0.2) is 17.6 Å². The summed E-state index contributed by atoms with van der Waals surface area (Å²) in [5, 5.41) is 0. The van der Waals surface area contributed by atoms with Crippen LogP contribution >= 0.6 is 15.9 Å². The zero-order valence-corrected chi connectivity index (χ0v) is 11.8. The lowest BCUT2D eigenvalue weighted by Gasteiger charge is -2.39. The van der Waals surface area contributed by atoms with Crippen molar-refractivity contribution >= 4 is 21.7 Å². The molecular weight excluding hydrogens is 264 g/mol. The van der Waals surface area contributed by atoms with Crippen molar-refractivity contribution in [1.82, 2.24) is 4.98 Å². The van der Waals surface area contributed by atoms with Gasteiger partial charge in [-0.15, -0.1) is 0 Å². The van der Waals surface area contributed by atoms with Gasteiger partial charge < -0.3 is 4.90 Å². The van der Waals surface area contributed by atoms with E-state index >= 15 is 0 Å². The maximum absolute atomic E-state index is 4.53. The van der Waals surface area contributed by atoms with Gasteiger partial charge in [-0.25, -0.2) is 4.98 Å². The molecule has 16 heavy (non-hydrogen) atoms. The molecule has 2 atom stereocenters. The van der Waals surface area contributed by atoms with E-state index in [9.17, 15) is 0 Å². The first kappa shape index (κ1) is 11.9. The molecule has 1 aliphatic rings. The normalized spacial score (nSPS) is 25.9. The Morgan fingerprint density at radius 2 is 2.19 bits per heavy atom. The molecule has 2 rings (SSSR count). The molecule has 0 aromatic carbocycles. The van der Waals surface area contributed by atoms with Crippen molar-refractivity contribution in [3.8, 4) is 0 Å². The maximum atomic E-state index is 4.53. The number of nitrogens with zero attached hydrogens (tertiary/aromatic N) is 2. The van der Waals surface area contributed by atoms with Gasteiger partial charge in [0.25, 0.3) is 0 Å². The zero-order valence-electron chi connectivity index (χ0n) is 10.2. The van der Waals surface area contributed by atoms with Crippen molar-refractivity contribution in [1.29, 1.82) is 0 Å². The third-order valence-electron chi connectivity index (χ3n) is 3.71. The molecule has 1 saturated heterocycles. The van der Waals surface area contributed by atoms with Gasteiger partial charge in [-0.1, -0.05) is 6.92 Å². The summed E-state index contributed by atoms with van der Waals surface area (Å²) in [7, 11) is 0. The number of piperidine rings is 1. The summed E-state index contributed by atoms with van der Waals surface area (Å²) in [6.07, 6.45) is 4.51. The van der Waals surface area contributed by atoms with Crippen molar-refractivity contribution in [2.24, 2.45) is 5.92 Å². The molecule has 0 N–H and O–H groups in total. The molecule has 1 aromatic rings. The van der Waals surface area contributed by atoms with Crippen LogP contribution in [-0.2, 0) is 0 Å². The van der Waals surface area contributed by atoms with E-state index in [2.05, 4.69) is 46.6 Å². The summed E-state index contributed by atoms with van der Waals surface area (Å²) in [6, 6.07) is 2.63. The summed E-state index contributed by atoms with van der Waals surface area (Å²) in [5.41, 5.74) is 1.26. The highest BCUT2D eigenvalue weighted by Gasteiger charge is 2.26. The van der Waals surface area contributed by atoms with E-state index in [1.54, 1.807) is 0 Å². The quantitative estimate of drug-likeness (QED) is 0.779. The smallest absolute Gasteiger partial charge is 0.143 e. The third kappa shape index (κ3) is 2.10. The van der Waals surface area contributed by atoms with Crippen LogP contribution in [0.25, 0.3) is 0 Å². The van der Waals surface area contributed by atoms with E-state index in [-0.39, 0.29) is 0 Å². The molecule has 88 valence electrons. The molecule has 0 saturated carbocycles. The van der Waals surface area contributed by atoms with Crippen LogP contribution in [0, 0.1) is 12.8 Å². The SMILES string of the molecule is Cc1ccnc(N2CCCC(C)C2C)c1Br. The lowest BCUT2D eigenvalue weighted by atomic mass is 9.92. The molecule has 2 nitrogen and oxygen atoms in total. The summed E-state index contributed by atoms with van der Waals surface area (Å²) in [4.78, 5) is 6.96. The van der Waals surface area contributed by atoms with Crippen LogP contribution in [0.15, 0.2) is 16.7 Å². The van der Waals surface area contributed by atoms with Crippen molar-refractivity contribution in [3.05, 3.63) is 22.3 Å². The predicted molar refractivity (Wildman–Crippen MR) is 71.9 cm³/mol. The highest BCUT2D eigenvalue weighted by molar-refractivity contribution is 9.10. The van der Waals surface area contributed by atoms with Crippen molar-refractivity contribution in [2.45, 2.75) is 39.7 Å². The minimum Gasteiger partial charge on any atom is -0.353 e. The number of anilines is 1. The van der Waals surface area contributed by atoms with E-state index in [1.807, 2.05) is 12.3 Å². The number of rotatable bonds is 1. The molecule has 1 aromatic heterocycles. The molecule has 3 heteroatoms. The van der Waals surface area contributed by atoms with Crippen LogP contribution in [0.4, 0.5) is 5.82 Å². The van der Waals surface area contributed by atoms with Gasteiger partial charge in [0.05, 0.1) is 4.47 Å². The lowest BCUT2D eigenvalue weighted by Crippen LogP contribution is -2.43. The standard InChI is InChI=1S/C13H19BrN2/c1-9-5-4-8-16(11(9)3)13-12(14)10(2)6-7-15-13/h6-7,9,11H,4-5,8H2,1-3H3. The van der Waals surface area contributed by atoms with Gasteiger partial charge in [-0.3, -0.25) is 0 Å². The molecule has 2 unspecified atom stereocenters. The zero-order chi connectivity index (χ0) is 11.7. The van der Waals surface area contributed by atoms with Gasteiger partial charge in [0.15, 0.2) is 0 Å². The Bertz CT molecular complexity index is 378. The Morgan fingerprint density at radius 1 is 1.44 bits per heavy atom. The number of aromatic nitrogens is 1. The van der Waals surface area contributed by atoms with Gasteiger partial charge in [0.1, 0.15) is 5.82 Å². The second-order valence-corrected chi connectivity index (χ2v) is 5.61. The Morgan fingerprint density at radius 3 is 2.94 bits per heavy atom. The summed E-state index contributed by atoms with van der Waals surface area (Å²) >= 11 is 3.66. The second kappa shape index (κ2) is 4.74. The molecule has 0 spiro atoms. The van der Waals surface area contributed by atoms with E-state index in [0.717, 1.165) is 22.8 Å². The van der Waals surface area contributed by atoms with Crippen LogP contribution in [0.2, 0.25) is 0 Å². The van der Waals surface area contributed by atoms with Gasteiger partial charge in [0.2, 0.25) is 0 Å². The van der Waals surface area contributed by atoms with Gasteiger partial charge >= 0.3 is 0 Å². The van der Waals surface area contributed by atoms with E-state index < -0.39 is 0 Å². The average molecular weight is 283 g/mol. The molecule has 1 fully saturated rings. The first-order valence-electron chi connectivity index (χ1n) is 5.99. The van der Waals surface area contributed by atoms with Gasteiger partial charge in [-0.2, -0.15) is 0 Å². The van der Waals surface area contributed by atoms with Crippen molar-refractivity contribution < 1.29 is 0 Å². The first-order chi connectivity index (χ1) is 7.61. The fraction of sp³-hybridized carbons (Fsp3) is 0.615. The Balaban J connectivity index is 2.32. The van der Waals surface area contributed by atoms with E-state index in [0.29, 0.717) is 6.04 Å². The Hall–Kier alpha value is -0.570. The summed E-state index contributed by atoms with van der Waals surface area (Å²) < 4.78 is 1.15. The van der Waals surface area contributed by atoms with Crippen LogP contribution in [0.5, 0.6) is 0 Å². The van der Waals surface area contributed by atoms with E-state index in [4.69, 9.17) is 0 Å². The number of pyridine rings is 1. The Kier molecular flexibility index (Phi) is 3.53. The minimum atomic E-state index is 0.583. The number of hydrogen-bond acceptors (Lipinski definition) is 2. The van der Waals surface area contributed by atoms with Crippen LogP contribution in [0.3, 0.4) is 0 Å². The third-order valence-corrected chi connectivity index (χ3v) is 4.69. The molecule has 1 aliphatic heterocycles. The fourth-order valence-electron chi connectivity index (χ4n) is 2.36. The minimum absolute atomic E-state index is 0.583. The highest BCUT2D eigenvalue weighted by atomic mass is 79.9. The molecule has 2 heterocycles. The highest BCUT2D eigenvalue weighted by Crippen LogP contribution is 2.33. The number of hydrogen-bond donors (Lipinski definition) is 0. The lowest BCUT2D eigenvalue weighted by molar-refractivity contribution is 0.361. The van der Waals surface area contributed by atoms with Crippen molar-refractivity contribution in [2.75, 3.05) is 11.4 Å². The van der Waals surface area contributed by atoms with Gasteiger partial charge in [0, 0.05) is 18.8 Å². The predicted octanol–water partition coefficient (Wildman–Crippen LogP) is 3.78. The molecule has 0 amide bonds. The monoisotopic (exact) mass is 282 g/mol. The maximum Gasteiger partial charge on any atom is 0.143 e. The van der Waals surface area contributed by atoms with Crippen LogP contribution in [0.1, 0.15) is 32.3 Å². The summed E-state index contributed by atoms with van der Waals surface area (Å²) in [5.74, 6) is 1.86. The topological polar surface area (TPSA) is 16.1 Å². The number of halogens is 1. The second-order valence-electron chi connectivity index (χ2n) is 4.82. The fourth-order valence-corrected chi connectivity index (χ4v) is 2.82. The molecular formula is C13H19BrN2. The Labute approximate surface area is 106 Å².